The molecule has 0 aromatic heterocycles. The summed E-state index contributed by atoms with van der Waals surface area (Å²) in [6.45, 7) is 8.95. The van der Waals surface area contributed by atoms with E-state index in [-0.39, 0.29) is 6.10 Å². The molecule has 0 fully saturated rings. The van der Waals surface area contributed by atoms with Gasteiger partial charge in [0.1, 0.15) is 0 Å². The Hall–Kier alpha value is 0.0569. The van der Waals surface area contributed by atoms with E-state index in [0.29, 0.717) is 13.2 Å². The molecule has 5 heteroatoms. The second-order valence-electron chi connectivity index (χ2n) is 3.19. The van der Waals surface area contributed by atoms with E-state index in [9.17, 15) is 0 Å². The van der Waals surface area contributed by atoms with Gasteiger partial charge < -0.3 is 13.3 Å². The molecule has 0 aliphatic heterocycles. The van der Waals surface area contributed by atoms with Gasteiger partial charge in [-0.15, -0.1) is 0 Å². The zero-order valence-electron chi connectivity index (χ0n) is 9.71. The van der Waals surface area contributed by atoms with E-state index in [2.05, 4.69) is 6.92 Å². The number of hydrogen-bond donors (Lipinski definition) is 1. The normalized spacial score (nSPS) is 14.4. The van der Waals surface area contributed by atoms with Crippen LogP contribution in [0.5, 0.6) is 0 Å². The Morgan fingerprint density at radius 3 is 2.00 bits per heavy atom. The summed E-state index contributed by atoms with van der Waals surface area (Å²) in [6.07, 6.45) is 2.16. The van der Waals surface area contributed by atoms with Gasteiger partial charge in [-0.2, -0.15) is 0 Å². The first-order valence-corrected chi connectivity index (χ1v) is 7.12. The van der Waals surface area contributed by atoms with Gasteiger partial charge >= 0.3 is 8.97 Å². The number of nitrogens with two attached hydrogens (primary N) is 1. The highest BCUT2D eigenvalue weighted by Crippen LogP contribution is 2.09. The maximum absolute atomic E-state index is 5.92. The molecule has 86 valence electrons. The molecule has 1 atom stereocenters. The van der Waals surface area contributed by atoms with Gasteiger partial charge in [-0.05, 0) is 27.2 Å². The quantitative estimate of drug-likeness (QED) is 0.633. The third-order valence-corrected chi connectivity index (χ3v) is 3.86. The largest absolute Gasteiger partial charge is 0.594 e. The smallest absolute Gasteiger partial charge is 0.361 e. The molecule has 2 N–H and O–H groups in total. The van der Waals surface area contributed by atoms with Crippen molar-refractivity contribution in [2.45, 2.75) is 46.6 Å². The van der Waals surface area contributed by atoms with Crippen molar-refractivity contribution in [2.24, 2.45) is 5.40 Å². The zero-order chi connectivity index (χ0) is 11.0. The van der Waals surface area contributed by atoms with E-state index in [4.69, 9.17) is 18.7 Å². The van der Waals surface area contributed by atoms with Crippen molar-refractivity contribution in [3.8, 4) is 0 Å². The molecule has 14 heavy (non-hydrogen) atoms. The van der Waals surface area contributed by atoms with Gasteiger partial charge in [0, 0.05) is 19.3 Å². The highest BCUT2D eigenvalue weighted by molar-refractivity contribution is 6.57. The van der Waals surface area contributed by atoms with Crippen LogP contribution in [-0.4, -0.2) is 28.3 Å². The molecule has 0 bridgehead atoms. The van der Waals surface area contributed by atoms with Gasteiger partial charge in [0.2, 0.25) is 0 Å². The Balaban J connectivity index is 4.05. The van der Waals surface area contributed by atoms with Crippen molar-refractivity contribution < 1.29 is 13.3 Å². The van der Waals surface area contributed by atoms with Crippen molar-refractivity contribution in [1.82, 2.24) is 0 Å². The first-order chi connectivity index (χ1) is 6.58. The summed E-state index contributed by atoms with van der Waals surface area (Å²) >= 11 is 0. The van der Waals surface area contributed by atoms with Gasteiger partial charge in [0.25, 0.3) is 0 Å². The average Bonchev–Trinajstić information content (AvgIpc) is 2.04. The fraction of sp³-hybridized carbons (Fsp3) is 1.00. The van der Waals surface area contributed by atoms with Gasteiger partial charge in [-0.3, -0.25) is 5.40 Å². The molecule has 0 heterocycles. The fourth-order valence-electron chi connectivity index (χ4n) is 1.26. The molecule has 0 amide bonds. The van der Waals surface area contributed by atoms with E-state index >= 15 is 0 Å². The Morgan fingerprint density at radius 2 is 1.64 bits per heavy atom. The van der Waals surface area contributed by atoms with Crippen molar-refractivity contribution >= 4 is 8.97 Å². The summed E-state index contributed by atoms with van der Waals surface area (Å²) in [6, 6.07) is 0. The molecule has 0 saturated carbocycles. The molecule has 0 rings (SSSR count). The minimum Gasteiger partial charge on any atom is -0.361 e. The third-order valence-electron chi connectivity index (χ3n) is 1.75. The van der Waals surface area contributed by atoms with Crippen molar-refractivity contribution in [3.05, 3.63) is 0 Å². The molecule has 0 aliphatic carbocycles. The molecule has 0 aliphatic rings. The summed E-state index contributed by atoms with van der Waals surface area (Å²) in [5.41, 5.74) is 0. The topological polar surface area (TPSA) is 53.7 Å². The summed E-state index contributed by atoms with van der Waals surface area (Å²) in [7, 11) is -2.85. The highest BCUT2D eigenvalue weighted by atomic mass is 28.4. The standard InChI is InChI=1S/C9H23NO3Si/c1-5-8-9(4)13-14(10,11-6-2)12-7-3/h9H,5-8,10H2,1-4H3. The lowest BCUT2D eigenvalue weighted by Crippen LogP contribution is -2.57. The summed E-state index contributed by atoms with van der Waals surface area (Å²) in [5.74, 6) is 0. The molecule has 0 spiro atoms. The number of rotatable bonds is 8. The predicted octanol–water partition coefficient (Wildman–Crippen LogP) is 1.66. The number of hydrogen-bond acceptors (Lipinski definition) is 4. The van der Waals surface area contributed by atoms with E-state index in [1.54, 1.807) is 0 Å². The third kappa shape index (κ3) is 5.72. The molecular formula is C9H23NO3Si. The summed E-state index contributed by atoms with van der Waals surface area (Å²) in [4.78, 5) is 0. The maximum atomic E-state index is 5.92. The van der Waals surface area contributed by atoms with Crippen LogP contribution in [-0.2, 0) is 13.3 Å². The Morgan fingerprint density at radius 1 is 1.14 bits per heavy atom. The van der Waals surface area contributed by atoms with Crippen LogP contribution >= 0.6 is 0 Å². The van der Waals surface area contributed by atoms with Gasteiger partial charge in [0.05, 0.1) is 0 Å². The average molecular weight is 221 g/mol. The lowest BCUT2D eigenvalue weighted by atomic mass is 10.2. The van der Waals surface area contributed by atoms with Crippen LogP contribution in [0.3, 0.4) is 0 Å². The highest BCUT2D eigenvalue weighted by Gasteiger charge is 2.38. The zero-order valence-corrected chi connectivity index (χ0v) is 10.7. The molecule has 4 nitrogen and oxygen atoms in total. The second-order valence-corrected chi connectivity index (χ2v) is 5.21. The van der Waals surface area contributed by atoms with Gasteiger partial charge in [-0.1, -0.05) is 13.3 Å². The summed E-state index contributed by atoms with van der Waals surface area (Å²) < 4.78 is 16.3. The Labute approximate surface area is 88.2 Å². The van der Waals surface area contributed by atoms with Crippen molar-refractivity contribution in [1.29, 1.82) is 0 Å². The van der Waals surface area contributed by atoms with Crippen LogP contribution in [0.1, 0.15) is 40.5 Å². The van der Waals surface area contributed by atoms with E-state index in [1.807, 2.05) is 20.8 Å². The fourth-order valence-corrected chi connectivity index (χ4v) is 2.96. The van der Waals surface area contributed by atoms with Crippen LogP contribution in [0, 0.1) is 0 Å². The van der Waals surface area contributed by atoms with Crippen LogP contribution in [0.2, 0.25) is 0 Å². The molecular weight excluding hydrogens is 198 g/mol. The first kappa shape index (κ1) is 14.1. The van der Waals surface area contributed by atoms with Crippen LogP contribution in [0.25, 0.3) is 0 Å². The van der Waals surface area contributed by atoms with Crippen LogP contribution < -0.4 is 5.40 Å². The van der Waals surface area contributed by atoms with E-state index in [0.717, 1.165) is 12.8 Å². The lowest BCUT2D eigenvalue weighted by molar-refractivity contribution is 0.0361. The molecule has 1 unspecified atom stereocenters. The SMILES string of the molecule is CCCC(C)O[Si](N)(OCC)OCC. The molecule has 0 aromatic carbocycles. The molecule has 0 saturated heterocycles. The van der Waals surface area contributed by atoms with Crippen molar-refractivity contribution in [3.63, 3.8) is 0 Å². The minimum absolute atomic E-state index is 0.106. The maximum Gasteiger partial charge on any atom is 0.594 e. The van der Waals surface area contributed by atoms with E-state index < -0.39 is 8.97 Å². The van der Waals surface area contributed by atoms with Gasteiger partial charge in [0.15, 0.2) is 0 Å². The Bertz CT molecular complexity index is 140. The molecule has 0 aromatic rings. The van der Waals surface area contributed by atoms with E-state index in [1.165, 1.54) is 0 Å². The van der Waals surface area contributed by atoms with Crippen molar-refractivity contribution in [2.75, 3.05) is 13.2 Å². The van der Waals surface area contributed by atoms with Crippen LogP contribution in [0.4, 0.5) is 0 Å². The minimum atomic E-state index is -2.85. The summed E-state index contributed by atoms with van der Waals surface area (Å²) in [5, 5.41) is 5.92. The lowest BCUT2D eigenvalue weighted by Gasteiger charge is -2.27. The first-order valence-electron chi connectivity index (χ1n) is 5.32. The molecule has 0 radical (unpaired) electrons. The Kier molecular flexibility index (Phi) is 7.39. The second kappa shape index (κ2) is 7.36. The van der Waals surface area contributed by atoms with Crippen LogP contribution in [0.15, 0.2) is 0 Å². The van der Waals surface area contributed by atoms with Gasteiger partial charge in [-0.25, -0.2) is 0 Å². The monoisotopic (exact) mass is 221 g/mol. The predicted molar refractivity (Wildman–Crippen MR) is 58.6 cm³/mol.